The lowest BCUT2D eigenvalue weighted by atomic mass is 9.99. The lowest BCUT2D eigenvalue weighted by Gasteiger charge is -2.20. The van der Waals surface area contributed by atoms with Gasteiger partial charge in [-0.15, -0.1) is 0 Å². The van der Waals surface area contributed by atoms with E-state index in [9.17, 15) is 14.4 Å². The van der Waals surface area contributed by atoms with Crippen molar-refractivity contribution in [3.63, 3.8) is 0 Å². The molecule has 3 rings (SSSR count). The Balaban J connectivity index is 1.68. The Hall–Kier alpha value is -2.80. The molecule has 0 saturated carbocycles. The maximum absolute atomic E-state index is 12.7. The number of nitrogens with one attached hydrogen (secondary N) is 2. The second kappa shape index (κ2) is 6.84. The minimum Gasteiger partial charge on any atom is -0.466 e. The number of carbonyl (C=O) groups excluding carboxylic acids is 3. The quantitative estimate of drug-likeness (QED) is 0.786. The Morgan fingerprint density at radius 1 is 1.35 bits per heavy atom. The number of rotatable bonds is 5. The van der Waals surface area contributed by atoms with Gasteiger partial charge in [0, 0.05) is 5.02 Å². The van der Waals surface area contributed by atoms with Crippen molar-refractivity contribution >= 4 is 29.4 Å². The molecule has 1 aromatic heterocycles. The highest BCUT2D eigenvalue weighted by Crippen LogP contribution is 2.29. The third-order valence-electron chi connectivity index (χ3n) is 4.32. The van der Waals surface area contributed by atoms with E-state index >= 15 is 0 Å². The van der Waals surface area contributed by atoms with E-state index in [1.807, 2.05) is 6.07 Å². The second-order valence-electron chi connectivity index (χ2n) is 6.27. The van der Waals surface area contributed by atoms with Crippen molar-refractivity contribution in [1.82, 2.24) is 15.5 Å². The summed E-state index contributed by atoms with van der Waals surface area (Å²) < 4.78 is 5.25. The lowest BCUT2D eigenvalue weighted by Crippen LogP contribution is -2.43. The van der Waals surface area contributed by atoms with E-state index in [4.69, 9.17) is 16.0 Å². The summed E-state index contributed by atoms with van der Waals surface area (Å²) in [6, 6.07) is 9.37. The standard InChI is InChI=1S/C18H18ClN3O4/c1-11(12-5-3-6-13(19)9-12)20-15(23)10-22-16(24)18(2,21-17(22)25)14-7-4-8-26-14/h3-9,11H,10H2,1-2H3,(H,20,23)(H,21,25)/t11-,18+/m1/s1. The van der Waals surface area contributed by atoms with E-state index in [-0.39, 0.29) is 12.6 Å². The number of urea groups is 1. The van der Waals surface area contributed by atoms with Crippen molar-refractivity contribution < 1.29 is 18.8 Å². The minimum atomic E-state index is -1.32. The zero-order valence-electron chi connectivity index (χ0n) is 14.3. The third kappa shape index (κ3) is 3.30. The first-order valence-corrected chi connectivity index (χ1v) is 8.42. The molecule has 0 unspecified atom stereocenters. The fourth-order valence-corrected chi connectivity index (χ4v) is 3.06. The molecule has 1 aliphatic heterocycles. The van der Waals surface area contributed by atoms with E-state index < -0.39 is 23.4 Å². The van der Waals surface area contributed by atoms with Crippen molar-refractivity contribution in [2.45, 2.75) is 25.4 Å². The largest absolute Gasteiger partial charge is 0.466 e. The predicted octanol–water partition coefficient (Wildman–Crippen LogP) is 2.58. The van der Waals surface area contributed by atoms with Crippen LogP contribution >= 0.6 is 11.6 Å². The summed E-state index contributed by atoms with van der Waals surface area (Å²) >= 11 is 5.95. The van der Waals surface area contributed by atoms with Gasteiger partial charge in [-0.2, -0.15) is 0 Å². The van der Waals surface area contributed by atoms with Crippen LogP contribution in [0.4, 0.5) is 4.79 Å². The zero-order chi connectivity index (χ0) is 18.9. The second-order valence-corrected chi connectivity index (χ2v) is 6.70. The number of hydrogen-bond acceptors (Lipinski definition) is 4. The zero-order valence-corrected chi connectivity index (χ0v) is 15.0. The normalized spacial score (nSPS) is 20.8. The number of amides is 4. The van der Waals surface area contributed by atoms with Gasteiger partial charge in [-0.3, -0.25) is 14.5 Å². The molecule has 0 spiro atoms. The van der Waals surface area contributed by atoms with Gasteiger partial charge in [-0.25, -0.2) is 4.79 Å². The van der Waals surface area contributed by atoms with Crippen molar-refractivity contribution in [1.29, 1.82) is 0 Å². The molecule has 136 valence electrons. The van der Waals surface area contributed by atoms with Crippen LogP contribution in [0, 0.1) is 0 Å². The monoisotopic (exact) mass is 375 g/mol. The molecule has 2 N–H and O–H groups in total. The Labute approximate surface area is 155 Å². The Bertz CT molecular complexity index is 852. The molecule has 8 heteroatoms. The van der Waals surface area contributed by atoms with Crippen molar-refractivity contribution in [3.05, 3.63) is 59.0 Å². The Kier molecular flexibility index (Phi) is 4.73. The van der Waals surface area contributed by atoms with Gasteiger partial charge in [0.1, 0.15) is 12.3 Å². The average molecular weight is 376 g/mol. The van der Waals surface area contributed by atoms with Crippen molar-refractivity contribution in [2.24, 2.45) is 0 Å². The summed E-state index contributed by atoms with van der Waals surface area (Å²) in [6.07, 6.45) is 1.42. The van der Waals surface area contributed by atoms with Crippen LogP contribution in [0.25, 0.3) is 0 Å². The first kappa shape index (κ1) is 18.0. The van der Waals surface area contributed by atoms with Crippen LogP contribution in [-0.2, 0) is 15.1 Å². The summed E-state index contributed by atoms with van der Waals surface area (Å²) in [7, 11) is 0. The van der Waals surface area contributed by atoms with E-state index in [0.717, 1.165) is 10.5 Å². The smallest absolute Gasteiger partial charge is 0.325 e. The Morgan fingerprint density at radius 2 is 2.12 bits per heavy atom. The molecule has 26 heavy (non-hydrogen) atoms. The van der Waals surface area contributed by atoms with Gasteiger partial charge < -0.3 is 15.1 Å². The van der Waals surface area contributed by atoms with Crippen LogP contribution in [0.5, 0.6) is 0 Å². The molecule has 0 bridgehead atoms. The van der Waals surface area contributed by atoms with E-state index in [1.165, 1.54) is 6.26 Å². The predicted molar refractivity (Wildman–Crippen MR) is 94.3 cm³/mol. The summed E-state index contributed by atoms with van der Waals surface area (Å²) in [4.78, 5) is 38.0. The fraction of sp³-hybridized carbons (Fsp3) is 0.278. The van der Waals surface area contributed by atoms with Crippen LogP contribution in [-0.4, -0.2) is 29.3 Å². The van der Waals surface area contributed by atoms with Crippen LogP contribution in [0.1, 0.15) is 31.2 Å². The Morgan fingerprint density at radius 3 is 2.77 bits per heavy atom. The fourth-order valence-electron chi connectivity index (χ4n) is 2.86. The number of benzene rings is 1. The number of hydrogen-bond donors (Lipinski definition) is 2. The molecule has 2 heterocycles. The SMILES string of the molecule is C[C@@H](NC(=O)CN1C(=O)N[C@@](C)(c2ccco2)C1=O)c1cccc(Cl)c1. The van der Waals surface area contributed by atoms with E-state index in [0.29, 0.717) is 10.8 Å². The topological polar surface area (TPSA) is 91.7 Å². The first-order chi connectivity index (χ1) is 12.3. The van der Waals surface area contributed by atoms with Gasteiger partial charge in [0.2, 0.25) is 5.91 Å². The number of imide groups is 1. The molecular formula is C18H18ClN3O4. The van der Waals surface area contributed by atoms with Gasteiger partial charge in [-0.1, -0.05) is 23.7 Å². The molecule has 1 aromatic carbocycles. The highest BCUT2D eigenvalue weighted by molar-refractivity contribution is 6.30. The average Bonchev–Trinajstić information content (AvgIpc) is 3.19. The molecule has 1 saturated heterocycles. The molecule has 2 atom stereocenters. The van der Waals surface area contributed by atoms with Crippen molar-refractivity contribution in [3.8, 4) is 0 Å². The highest BCUT2D eigenvalue weighted by atomic mass is 35.5. The van der Waals surface area contributed by atoms with Gasteiger partial charge in [0.25, 0.3) is 5.91 Å². The number of halogens is 1. The molecule has 2 aromatic rings. The summed E-state index contributed by atoms with van der Waals surface area (Å²) in [6.45, 7) is 2.95. The molecule has 1 fully saturated rings. The maximum Gasteiger partial charge on any atom is 0.325 e. The van der Waals surface area contributed by atoms with Crippen LogP contribution in [0.15, 0.2) is 47.1 Å². The number of nitrogens with zero attached hydrogens (tertiary/aromatic N) is 1. The van der Waals surface area contributed by atoms with Gasteiger partial charge in [-0.05, 0) is 43.7 Å². The van der Waals surface area contributed by atoms with Gasteiger partial charge in [0.05, 0.1) is 12.3 Å². The van der Waals surface area contributed by atoms with Gasteiger partial charge >= 0.3 is 6.03 Å². The number of furan rings is 1. The van der Waals surface area contributed by atoms with Crippen LogP contribution in [0.2, 0.25) is 5.02 Å². The number of carbonyl (C=O) groups is 3. The first-order valence-electron chi connectivity index (χ1n) is 8.04. The molecule has 0 aliphatic carbocycles. The summed E-state index contributed by atoms with van der Waals surface area (Å²) in [5.41, 5.74) is -0.497. The van der Waals surface area contributed by atoms with Crippen LogP contribution in [0.3, 0.4) is 0 Å². The molecule has 4 amide bonds. The summed E-state index contributed by atoms with van der Waals surface area (Å²) in [5.74, 6) is -0.682. The van der Waals surface area contributed by atoms with E-state index in [1.54, 1.807) is 44.2 Å². The minimum absolute atomic E-state index is 0.311. The van der Waals surface area contributed by atoms with Crippen LogP contribution < -0.4 is 10.6 Å². The molecular weight excluding hydrogens is 358 g/mol. The van der Waals surface area contributed by atoms with E-state index in [2.05, 4.69) is 10.6 Å². The molecule has 7 nitrogen and oxygen atoms in total. The maximum atomic E-state index is 12.7. The molecule has 1 aliphatic rings. The highest BCUT2D eigenvalue weighted by Gasteiger charge is 2.51. The third-order valence-corrected chi connectivity index (χ3v) is 4.55. The van der Waals surface area contributed by atoms with Gasteiger partial charge in [0.15, 0.2) is 5.54 Å². The van der Waals surface area contributed by atoms with Crippen molar-refractivity contribution in [2.75, 3.05) is 6.54 Å². The summed E-state index contributed by atoms with van der Waals surface area (Å²) in [5, 5.41) is 5.90. The lowest BCUT2D eigenvalue weighted by molar-refractivity contribution is -0.135. The molecule has 0 radical (unpaired) electrons.